The second kappa shape index (κ2) is 6.20. The molecule has 2 atom stereocenters. The molecule has 21 heavy (non-hydrogen) atoms. The molecule has 0 radical (unpaired) electrons. The Kier molecular flexibility index (Phi) is 4.55. The first-order valence-electron chi connectivity index (χ1n) is 7.39. The average molecular weight is 291 g/mol. The van der Waals surface area contributed by atoms with Gasteiger partial charge in [0.2, 0.25) is 5.88 Å². The van der Waals surface area contributed by atoms with Crippen LogP contribution < -0.4 is 11.1 Å². The lowest BCUT2D eigenvalue weighted by molar-refractivity contribution is 0.202. The second-order valence-corrected chi connectivity index (χ2v) is 6.06. The number of nitrogens with two attached hydrogens (primary N) is 1. The van der Waals surface area contributed by atoms with Crippen molar-refractivity contribution in [3.8, 4) is 0 Å². The van der Waals surface area contributed by atoms with Crippen LogP contribution in [0.2, 0.25) is 0 Å². The maximum absolute atomic E-state index is 8.52. The molecule has 0 spiro atoms. The largest absolute Gasteiger partial charge is 0.402 e. The molecular formula is C15H25N5O. The number of hydrogen-bond acceptors (Lipinski definition) is 5. The van der Waals surface area contributed by atoms with E-state index < -0.39 is 0 Å². The number of allylic oxidation sites excluding steroid dienone is 1. The maximum atomic E-state index is 8.52. The van der Waals surface area contributed by atoms with Crippen LogP contribution in [0.5, 0.6) is 0 Å². The van der Waals surface area contributed by atoms with Crippen molar-refractivity contribution in [2.75, 3.05) is 13.1 Å². The van der Waals surface area contributed by atoms with E-state index in [0.29, 0.717) is 40.7 Å². The molecule has 0 amide bonds. The summed E-state index contributed by atoms with van der Waals surface area (Å²) in [6.07, 6.45) is 2.86. The first-order valence-corrected chi connectivity index (χ1v) is 7.39. The highest BCUT2D eigenvalue weighted by Crippen LogP contribution is 2.25. The first-order chi connectivity index (χ1) is 9.88. The Morgan fingerprint density at radius 1 is 1.48 bits per heavy atom. The van der Waals surface area contributed by atoms with E-state index in [0.717, 1.165) is 19.5 Å². The van der Waals surface area contributed by atoms with Crippen LogP contribution >= 0.6 is 0 Å². The smallest absolute Gasteiger partial charge is 0.239 e. The molecule has 0 aromatic rings. The maximum Gasteiger partial charge on any atom is 0.239 e. The van der Waals surface area contributed by atoms with Gasteiger partial charge < -0.3 is 20.8 Å². The molecule has 1 fully saturated rings. The van der Waals surface area contributed by atoms with Gasteiger partial charge in [0.25, 0.3) is 0 Å². The number of nitrogens with one attached hydrogen (secondary N) is 2. The molecule has 0 aromatic heterocycles. The molecule has 2 unspecified atom stereocenters. The van der Waals surface area contributed by atoms with Gasteiger partial charge in [0.15, 0.2) is 0 Å². The van der Waals surface area contributed by atoms with Crippen LogP contribution in [0.4, 0.5) is 0 Å². The molecule has 2 heterocycles. The lowest BCUT2D eigenvalue weighted by atomic mass is 9.88. The third kappa shape index (κ3) is 3.56. The average Bonchev–Trinajstić information content (AvgIpc) is 2.84. The van der Waals surface area contributed by atoms with Crippen LogP contribution in [0.1, 0.15) is 34.1 Å². The van der Waals surface area contributed by atoms with Crippen LogP contribution in [0, 0.1) is 17.2 Å². The fraction of sp³-hybridized carbons (Fsp3) is 0.600. The second-order valence-electron chi connectivity index (χ2n) is 6.06. The third-order valence-electron chi connectivity index (χ3n) is 4.09. The SMILES string of the molecule is CC1=NOC(=C(/C=C(/C)N)C(=N)N2CCC(C)C(C)C2)N1. The summed E-state index contributed by atoms with van der Waals surface area (Å²) in [6, 6.07) is 0. The molecular weight excluding hydrogens is 266 g/mol. The van der Waals surface area contributed by atoms with Crippen LogP contribution in [0.25, 0.3) is 0 Å². The number of oxime groups is 1. The highest BCUT2D eigenvalue weighted by molar-refractivity contribution is 6.00. The minimum Gasteiger partial charge on any atom is -0.402 e. The number of nitrogens with zero attached hydrogens (tertiary/aromatic N) is 2. The summed E-state index contributed by atoms with van der Waals surface area (Å²) in [6.45, 7) is 9.90. The zero-order valence-electron chi connectivity index (χ0n) is 13.2. The molecule has 0 aliphatic carbocycles. The molecule has 0 bridgehead atoms. The Morgan fingerprint density at radius 3 is 2.71 bits per heavy atom. The number of piperidine rings is 1. The Hall–Kier alpha value is -1.98. The fourth-order valence-electron chi connectivity index (χ4n) is 2.55. The summed E-state index contributed by atoms with van der Waals surface area (Å²) >= 11 is 0. The van der Waals surface area contributed by atoms with Gasteiger partial charge in [-0.15, -0.1) is 0 Å². The molecule has 6 heteroatoms. The van der Waals surface area contributed by atoms with E-state index >= 15 is 0 Å². The summed E-state index contributed by atoms with van der Waals surface area (Å²) in [5, 5.41) is 15.4. The lowest BCUT2D eigenvalue weighted by Crippen LogP contribution is -2.43. The van der Waals surface area contributed by atoms with Crippen molar-refractivity contribution in [1.82, 2.24) is 10.2 Å². The highest BCUT2D eigenvalue weighted by atomic mass is 16.7. The van der Waals surface area contributed by atoms with Crippen molar-refractivity contribution in [3.63, 3.8) is 0 Å². The minimum atomic E-state index is 0.436. The van der Waals surface area contributed by atoms with Crippen LogP contribution in [-0.2, 0) is 4.84 Å². The Labute approximate surface area is 126 Å². The molecule has 0 aromatic carbocycles. The Bertz CT molecular complexity index is 516. The monoisotopic (exact) mass is 291 g/mol. The minimum absolute atomic E-state index is 0.436. The molecule has 6 nitrogen and oxygen atoms in total. The number of amidine groups is 2. The zero-order chi connectivity index (χ0) is 15.6. The van der Waals surface area contributed by atoms with Gasteiger partial charge in [0.1, 0.15) is 11.7 Å². The van der Waals surface area contributed by atoms with Crippen molar-refractivity contribution >= 4 is 11.7 Å². The predicted molar refractivity (Wildman–Crippen MR) is 84.5 cm³/mol. The molecule has 2 aliphatic rings. The van der Waals surface area contributed by atoms with Gasteiger partial charge in [-0.25, -0.2) is 0 Å². The first kappa shape index (κ1) is 15.4. The molecule has 2 aliphatic heterocycles. The van der Waals surface area contributed by atoms with Crippen molar-refractivity contribution < 1.29 is 4.84 Å². The summed E-state index contributed by atoms with van der Waals surface area (Å²) < 4.78 is 0. The van der Waals surface area contributed by atoms with E-state index in [1.54, 1.807) is 13.0 Å². The van der Waals surface area contributed by atoms with Gasteiger partial charge in [0, 0.05) is 18.8 Å². The third-order valence-corrected chi connectivity index (χ3v) is 4.09. The van der Waals surface area contributed by atoms with Crippen LogP contribution in [-0.4, -0.2) is 29.7 Å². The van der Waals surface area contributed by atoms with E-state index in [1.807, 2.05) is 6.92 Å². The van der Waals surface area contributed by atoms with E-state index in [9.17, 15) is 0 Å². The molecule has 0 saturated carbocycles. The van der Waals surface area contributed by atoms with Crippen LogP contribution in [0.15, 0.2) is 28.4 Å². The van der Waals surface area contributed by atoms with Crippen molar-refractivity contribution in [2.45, 2.75) is 34.1 Å². The highest BCUT2D eigenvalue weighted by Gasteiger charge is 2.27. The number of rotatable bonds is 2. The summed E-state index contributed by atoms with van der Waals surface area (Å²) in [5.74, 6) is 2.87. The van der Waals surface area contributed by atoms with Gasteiger partial charge in [-0.2, -0.15) is 0 Å². The summed E-state index contributed by atoms with van der Waals surface area (Å²) in [5.41, 5.74) is 7.09. The number of hydrogen-bond donors (Lipinski definition) is 3. The van der Waals surface area contributed by atoms with Gasteiger partial charge in [-0.3, -0.25) is 5.41 Å². The zero-order valence-corrected chi connectivity index (χ0v) is 13.2. The fourth-order valence-corrected chi connectivity index (χ4v) is 2.55. The van der Waals surface area contributed by atoms with Gasteiger partial charge in [-0.05, 0) is 38.2 Å². The Morgan fingerprint density at radius 2 is 2.19 bits per heavy atom. The summed E-state index contributed by atoms with van der Waals surface area (Å²) in [7, 11) is 0. The van der Waals surface area contributed by atoms with Crippen molar-refractivity contribution in [3.05, 3.63) is 23.2 Å². The van der Waals surface area contributed by atoms with E-state index in [4.69, 9.17) is 16.0 Å². The molecule has 1 saturated heterocycles. The van der Waals surface area contributed by atoms with E-state index in [1.165, 1.54) is 0 Å². The molecule has 116 valence electrons. The normalized spacial score (nSPS) is 28.7. The summed E-state index contributed by atoms with van der Waals surface area (Å²) in [4.78, 5) is 7.37. The van der Waals surface area contributed by atoms with E-state index in [-0.39, 0.29) is 0 Å². The molecule has 2 rings (SSSR count). The van der Waals surface area contributed by atoms with Crippen molar-refractivity contribution in [2.24, 2.45) is 22.7 Å². The Balaban J connectivity index is 2.22. The van der Waals surface area contributed by atoms with Crippen molar-refractivity contribution in [1.29, 1.82) is 5.41 Å². The topological polar surface area (TPSA) is 86.7 Å². The van der Waals surface area contributed by atoms with Gasteiger partial charge >= 0.3 is 0 Å². The lowest BCUT2D eigenvalue weighted by Gasteiger charge is -2.37. The molecule has 4 N–H and O–H groups in total. The van der Waals surface area contributed by atoms with Crippen LogP contribution in [0.3, 0.4) is 0 Å². The van der Waals surface area contributed by atoms with E-state index in [2.05, 4.69) is 29.2 Å². The number of likely N-dealkylation sites (tertiary alicyclic amines) is 1. The quantitative estimate of drug-likeness (QED) is 0.536. The standard InChI is InChI=1S/C15H25N5O/c1-9-5-6-20(8-10(9)2)14(17)13(7-11(3)16)15-18-12(4)19-21-15/h7,9-10,17H,5-6,8,16H2,1-4H3,(H,18,19)/b11-7-,15-13?,17-14?. The van der Waals surface area contributed by atoms with Gasteiger partial charge in [-0.1, -0.05) is 19.0 Å². The predicted octanol–water partition coefficient (Wildman–Crippen LogP) is 1.97. The van der Waals surface area contributed by atoms with Gasteiger partial charge in [0.05, 0.1) is 5.57 Å².